The fourth-order valence-corrected chi connectivity index (χ4v) is 3.34. The molecule has 100 valence electrons. The summed E-state index contributed by atoms with van der Waals surface area (Å²) in [6, 6.07) is 3.46. The Bertz CT molecular complexity index is 410. The zero-order valence-corrected chi connectivity index (χ0v) is 11.7. The van der Waals surface area contributed by atoms with Crippen molar-refractivity contribution in [3.05, 3.63) is 34.6 Å². The molecule has 0 spiro atoms. The molecule has 0 amide bonds. The smallest absolute Gasteiger partial charge is 0.128 e. The Labute approximate surface area is 110 Å². The van der Waals surface area contributed by atoms with E-state index in [1.54, 1.807) is 6.07 Å². The highest BCUT2D eigenvalue weighted by molar-refractivity contribution is 5.35. The third kappa shape index (κ3) is 2.44. The molecule has 1 aromatic rings. The van der Waals surface area contributed by atoms with Gasteiger partial charge in [0.05, 0.1) is 0 Å². The summed E-state index contributed by atoms with van der Waals surface area (Å²) in [6.45, 7) is 6.11. The van der Waals surface area contributed by atoms with Crippen LogP contribution in [0.3, 0.4) is 0 Å². The van der Waals surface area contributed by atoms with E-state index in [1.807, 2.05) is 19.9 Å². The highest BCUT2D eigenvalue weighted by Crippen LogP contribution is 2.45. The third-order valence-corrected chi connectivity index (χ3v) is 4.54. The van der Waals surface area contributed by atoms with E-state index in [0.29, 0.717) is 0 Å². The topological polar surface area (TPSA) is 26.0 Å². The minimum absolute atomic E-state index is 0.0547. The number of aryl methyl sites for hydroxylation is 2. The number of nitrogens with two attached hydrogens (primary N) is 1. The van der Waals surface area contributed by atoms with Gasteiger partial charge in [-0.3, -0.25) is 0 Å². The van der Waals surface area contributed by atoms with Gasteiger partial charge in [0, 0.05) is 11.6 Å². The van der Waals surface area contributed by atoms with Crippen molar-refractivity contribution in [1.29, 1.82) is 0 Å². The predicted octanol–water partition coefficient (Wildman–Crippen LogP) is 4.41. The van der Waals surface area contributed by atoms with Gasteiger partial charge in [-0.15, -0.1) is 0 Å². The molecule has 2 rings (SSSR count). The largest absolute Gasteiger partial charge is 0.323 e. The first kappa shape index (κ1) is 13.5. The molecule has 0 bridgehead atoms. The lowest BCUT2D eigenvalue weighted by Gasteiger charge is -2.39. The van der Waals surface area contributed by atoms with E-state index in [9.17, 15) is 4.39 Å². The molecule has 2 N–H and O–H groups in total. The molecule has 1 fully saturated rings. The van der Waals surface area contributed by atoms with E-state index in [-0.39, 0.29) is 17.3 Å². The zero-order chi connectivity index (χ0) is 13.3. The molecule has 1 aliphatic rings. The molecule has 0 aliphatic heterocycles. The second kappa shape index (κ2) is 5.00. The molecule has 1 saturated carbocycles. The van der Waals surface area contributed by atoms with Gasteiger partial charge in [0.25, 0.3) is 0 Å². The highest BCUT2D eigenvalue weighted by atomic mass is 19.1. The molecular weight excluding hydrogens is 225 g/mol. The Morgan fingerprint density at radius 2 is 1.78 bits per heavy atom. The Morgan fingerprint density at radius 1 is 1.17 bits per heavy atom. The molecule has 0 saturated heterocycles. The maximum atomic E-state index is 14.2. The fraction of sp³-hybridized carbons (Fsp3) is 0.625. The Hall–Kier alpha value is -0.890. The average Bonchev–Trinajstić information content (AvgIpc) is 2.28. The first-order chi connectivity index (χ1) is 8.44. The molecule has 0 aromatic heterocycles. The molecule has 0 heterocycles. The Morgan fingerprint density at radius 3 is 2.33 bits per heavy atom. The van der Waals surface area contributed by atoms with Gasteiger partial charge >= 0.3 is 0 Å². The van der Waals surface area contributed by atoms with Gasteiger partial charge in [0.1, 0.15) is 5.82 Å². The van der Waals surface area contributed by atoms with Gasteiger partial charge < -0.3 is 5.73 Å². The summed E-state index contributed by atoms with van der Waals surface area (Å²) in [5, 5.41) is 0. The second-order valence-electron chi connectivity index (χ2n) is 6.17. The lowest BCUT2D eigenvalue weighted by Crippen LogP contribution is -2.35. The van der Waals surface area contributed by atoms with Gasteiger partial charge in [-0.1, -0.05) is 32.3 Å². The van der Waals surface area contributed by atoms with Crippen molar-refractivity contribution >= 4 is 0 Å². The number of rotatable bonds is 2. The molecule has 1 unspecified atom stereocenters. The van der Waals surface area contributed by atoms with Crippen molar-refractivity contribution in [3.8, 4) is 0 Å². The van der Waals surface area contributed by atoms with Crippen molar-refractivity contribution < 1.29 is 4.39 Å². The number of halogens is 1. The van der Waals surface area contributed by atoms with Crippen LogP contribution in [0, 0.1) is 25.1 Å². The second-order valence-corrected chi connectivity index (χ2v) is 6.17. The van der Waals surface area contributed by atoms with Crippen molar-refractivity contribution in [2.45, 2.75) is 58.9 Å². The summed E-state index contributed by atoms with van der Waals surface area (Å²) < 4.78 is 14.2. The van der Waals surface area contributed by atoms with E-state index < -0.39 is 0 Å². The molecule has 1 aromatic carbocycles. The minimum Gasteiger partial charge on any atom is -0.323 e. The van der Waals surface area contributed by atoms with E-state index in [0.717, 1.165) is 29.5 Å². The van der Waals surface area contributed by atoms with Crippen molar-refractivity contribution in [2.75, 3.05) is 0 Å². The molecule has 1 atom stereocenters. The van der Waals surface area contributed by atoms with Gasteiger partial charge in [0.15, 0.2) is 0 Å². The molecule has 18 heavy (non-hydrogen) atoms. The van der Waals surface area contributed by atoms with Crippen molar-refractivity contribution in [1.82, 2.24) is 0 Å². The number of hydrogen-bond acceptors (Lipinski definition) is 1. The number of benzene rings is 1. The maximum absolute atomic E-state index is 14.2. The SMILES string of the molecule is Cc1cc(C)c(C(N)C2(C)CCCCC2)c(F)c1. The van der Waals surface area contributed by atoms with Gasteiger partial charge in [-0.2, -0.15) is 0 Å². The summed E-state index contributed by atoms with van der Waals surface area (Å²) in [6.07, 6.45) is 5.95. The molecule has 1 aliphatic carbocycles. The summed E-state index contributed by atoms with van der Waals surface area (Å²) in [5.41, 5.74) is 9.16. The summed E-state index contributed by atoms with van der Waals surface area (Å²) >= 11 is 0. The van der Waals surface area contributed by atoms with E-state index in [2.05, 4.69) is 6.92 Å². The van der Waals surface area contributed by atoms with E-state index >= 15 is 0 Å². The van der Waals surface area contributed by atoms with Crippen LogP contribution >= 0.6 is 0 Å². The van der Waals surface area contributed by atoms with Crippen LogP contribution < -0.4 is 5.73 Å². The van der Waals surface area contributed by atoms with Crippen LogP contribution in [-0.2, 0) is 0 Å². The average molecular weight is 249 g/mol. The molecular formula is C16H24FN. The molecule has 2 heteroatoms. The van der Waals surface area contributed by atoms with Gasteiger partial charge in [-0.25, -0.2) is 4.39 Å². The van der Waals surface area contributed by atoms with Gasteiger partial charge in [-0.05, 0) is 49.3 Å². The normalized spacial score (nSPS) is 20.7. The van der Waals surface area contributed by atoms with E-state index in [4.69, 9.17) is 5.73 Å². The highest BCUT2D eigenvalue weighted by Gasteiger charge is 2.36. The van der Waals surface area contributed by atoms with Crippen LogP contribution in [0.4, 0.5) is 4.39 Å². The molecule has 1 nitrogen and oxygen atoms in total. The maximum Gasteiger partial charge on any atom is 0.128 e. The Kier molecular flexibility index (Phi) is 3.76. The number of hydrogen-bond donors (Lipinski definition) is 1. The monoisotopic (exact) mass is 249 g/mol. The van der Waals surface area contributed by atoms with Crippen LogP contribution in [0.1, 0.15) is 61.8 Å². The van der Waals surface area contributed by atoms with E-state index in [1.165, 1.54) is 19.3 Å². The Balaban J connectivity index is 2.36. The van der Waals surface area contributed by atoms with Crippen molar-refractivity contribution in [2.24, 2.45) is 11.1 Å². The third-order valence-electron chi connectivity index (χ3n) is 4.54. The summed E-state index contributed by atoms with van der Waals surface area (Å²) in [4.78, 5) is 0. The van der Waals surface area contributed by atoms with Crippen LogP contribution in [0.15, 0.2) is 12.1 Å². The fourth-order valence-electron chi connectivity index (χ4n) is 3.34. The van der Waals surface area contributed by atoms with Crippen molar-refractivity contribution in [3.63, 3.8) is 0 Å². The molecule has 0 radical (unpaired) electrons. The first-order valence-electron chi connectivity index (χ1n) is 6.96. The summed E-state index contributed by atoms with van der Waals surface area (Å²) in [5.74, 6) is -0.133. The predicted molar refractivity (Wildman–Crippen MR) is 74.0 cm³/mol. The lowest BCUT2D eigenvalue weighted by atomic mass is 9.68. The minimum atomic E-state index is -0.182. The van der Waals surface area contributed by atoms with Crippen LogP contribution in [-0.4, -0.2) is 0 Å². The van der Waals surface area contributed by atoms with Crippen LogP contribution in [0.5, 0.6) is 0 Å². The van der Waals surface area contributed by atoms with Gasteiger partial charge in [0.2, 0.25) is 0 Å². The quantitative estimate of drug-likeness (QED) is 0.825. The summed E-state index contributed by atoms with van der Waals surface area (Å²) in [7, 11) is 0. The zero-order valence-electron chi connectivity index (χ0n) is 11.7. The lowest BCUT2D eigenvalue weighted by molar-refractivity contribution is 0.167. The first-order valence-corrected chi connectivity index (χ1v) is 6.96. The van der Waals surface area contributed by atoms with Crippen LogP contribution in [0.2, 0.25) is 0 Å². The standard InChI is InChI=1S/C16H24FN/c1-11-9-12(2)14(13(17)10-11)15(18)16(3)7-5-4-6-8-16/h9-10,15H,4-8,18H2,1-3H3. The van der Waals surface area contributed by atoms with Crippen LogP contribution in [0.25, 0.3) is 0 Å².